The summed E-state index contributed by atoms with van der Waals surface area (Å²) < 4.78 is 6.11. The molecule has 0 aliphatic carbocycles. The van der Waals surface area contributed by atoms with E-state index >= 15 is 0 Å². The number of hydrogen-bond acceptors (Lipinski definition) is 1. The monoisotopic (exact) mass is 469 g/mol. The van der Waals surface area contributed by atoms with Crippen molar-refractivity contribution in [2.75, 3.05) is 0 Å². The molecule has 0 fully saturated rings. The van der Waals surface area contributed by atoms with Gasteiger partial charge in [-0.25, -0.2) is 8.97 Å². The first-order valence-electron chi connectivity index (χ1n) is 8.16. The first-order chi connectivity index (χ1) is 12.6. The van der Waals surface area contributed by atoms with E-state index in [1.807, 2.05) is 65.2 Å². The lowest BCUT2D eigenvalue weighted by Gasteiger charge is -2.04. The van der Waals surface area contributed by atoms with Crippen LogP contribution < -0.4 is 4.40 Å². The molecular weight excluding hydrogens is 456 g/mol. The lowest BCUT2D eigenvalue weighted by molar-refractivity contribution is -0.510. The number of benzene rings is 2. The van der Waals surface area contributed by atoms with Crippen LogP contribution in [0, 0.1) is 0 Å². The average Bonchev–Trinajstić information content (AvgIpc) is 3.01. The molecule has 0 aliphatic rings. The van der Waals surface area contributed by atoms with Crippen molar-refractivity contribution in [1.82, 2.24) is 4.57 Å². The number of hydrogen-bond donors (Lipinski definition) is 0. The second-order valence-corrected chi connectivity index (χ2v) is 7.83. The zero-order valence-corrected chi connectivity index (χ0v) is 16.9. The van der Waals surface area contributed by atoms with Crippen molar-refractivity contribution in [3.8, 4) is 11.3 Å². The highest BCUT2D eigenvalue weighted by Gasteiger charge is 2.21. The van der Waals surface area contributed by atoms with Crippen molar-refractivity contribution >= 4 is 43.3 Å². The lowest BCUT2D eigenvalue weighted by atomic mass is 10.1. The minimum absolute atomic E-state index is 0.0813. The minimum Gasteiger partial charge on any atom is -0.290 e. The number of ketones is 1. The van der Waals surface area contributed by atoms with Gasteiger partial charge in [0.25, 0.3) is 5.65 Å². The number of Topliss-reactive ketones (excluding diaryl/α,β-unsaturated/α-hetero) is 1. The van der Waals surface area contributed by atoms with E-state index in [0.29, 0.717) is 5.56 Å². The fourth-order valence-corrected chi connectivity index (χ4v) is 3.53. The van der Waals surface area contributed by atoms with Crippen molar-refractivity contribution in [3.05, 3.63) is 93.6 Å². The van der Waals surface area contributed by atoms with Gasteiger partial charge in [0.15, 0.2) is 12.2 Å². The third kappa shape index (κ3) is 3.37. The number of fused-ring (bicyclic) bond motifs is 1. The summed E-state index contributed by atoms with van der Waals surface area (Å²) >= 11 is 6.89. The number of halogens is 2. The van der Waals surface area contributed by atoms with Gasteiger partial charge in [-0.3, -0.25) is 4.79 Å². The number of nitrogens with zero attached hydrogens (tertiary/aromatic N) is 2. The van der Waals surface area contributed by atoms with Gasteiger partial charge in [0.1, 0.15) is 6.20 Å². The molecule has 2 aromatic carbocycles. The molecule has 0 N–H and O–H groups in total. The number of pyridine rings is 1. The Kier molecular flexibility index (Phi) is 4.74. The molecule has 2 aromatic heterocycles. The number of imidazole rings is 1. The summed E-state index contributed by atoms with van der Waals surface area (Å²) in [7, 11) is 0. The Morgan fingerprint density at radius 1 is 0.885 bits per heavy atom. The second kappa shape index (κ2) is 7.17. The maximum Gasteiger partial charge on any atom is 0.287 e. The molecule has 0 atom stereocenters. The predicted octanol–water partition coefficient (Wildman–Crippen LogP) is 5.30. The standard InChI is InChI=1S/C21H15Br2N2O/c22-17-8-4-15(5-9-17)19-13-24-12-2-1-3-21(24)25(19)14-20(26)16-6-10-18(23)11-7-16/h1-13H,14H2/q+1. The minimum atomic E-state index is 0.0813. The molecule has 2 heterocycles. The van der Waals surface area contributed by atoms with Crippen molar-refractivity contribution in [2.45, 2.75) is 6.54 Å². The molecular formula is C21H15Br2N2O+. The second-order valence-electron chi connectivity index (χ2n) is 6.00. The lowest BCUT2D eigenvalue weighted by Crippen LogP contribution is -2.19. The zero-order valence-electron chi connectivity index (χ0n) is 13.8. The quantitative estimate of drug-likeness (QED) is 0.293. The van der Waals surface area contributed by atoms with E-state index in [9.17, 15) is 4.79 Å². The molecule has 0 saturated carbocycles. The molecule has 4 aromatic rings. The molecule has 0 spiro atoms. The molecule has 0 saturated heterocycles. The number of carbonyl (C=O) groups is 1. The van der Waals surface area contributed by atoms with E-state index in [2.05, 4.69) is 54.8 Å². The van der Waals surface area contributed by atoms with Gasteiger partial charge < -0.3 is 0 Å². The first-order valence-corrected chi connectivity index (χ1v) is 9.75. The van der Waals surface area contributed by atoms with Gasteiger partial charge in [-0.15, -0.1) is 0 Å². The average molecular weight is 471 g/mol. The molecule has 5 heteroatoms. The first kappa shape index (κ1) is 17.2. The summed E-state index contributed by atoms with van der Waals surface area (Å²) in [5.41, 5.74) is 3.77. The van der Waals surface area contributed by atoms with Crippen LogP contribution in [-0.2, 0) is 6.54 Å². The molecule has 3 nitrogen and oxygen atoms in total. The number of aromatic nitrogens is 2. The van der Waals surface area contributed by atoms with Gasteiger partial charge in [0, 0.05) is 26.1 Å². The van der Waals surface area contributed by atoms with Gasteiger partial charge in [0.05, 0.1) is 6.20 Å². The maximum atomic E-state index is 12.9. The Morgan fingerprint density at radius 2 is 1.54 bits per heavy atom. The van der Waals surface area contributed by atoms with Crippen molar-refractivity contribution < 1.29 is 9.20 Å². The Labute approximate surface area is 168 Å². The highest BCUT2D eigenvalue weighted by atomic mass is 79.9. The summed E-state index contributed by atoms with van der Waals surface area (Å²) in [6, 6.07) is 21.6. The van der Waals surface area contributed by atoms with Crippen molar-refractivity contribution in [2.24, 2.45) is 0 Å². The normalized spacial score (nSPS) is 11.0. The van der Waals surface area contributed by atoms with Gasteiger partial charge >= 0.3 is 0 Å². The van der Waals surface area contributed by atoms with Crippen LogP contribution in [0.25, 0.3) is 16.9 Å². The molecule has 4 rings (SSSR count). The van der Waals surface area contributed by atoms with Gasteiger partial charge in [-0.05, 0) is 42.5 Å². The Bertz CT molecular complexity index is 1080. The smallest absolute Gasteiger partial charge is 0.287 e. The summed E-state index contributed by atoms with van der Waals surface area (Å²) in [6.07, 6.45) is 4.06. The highest BCUT2D eigenvalue weighted by Crippen LogP contribution is 2.23. The Morgan fingerprint density at radius 3 is 2.23 bits per heavy atom. The zero-order chi connectivity index (χ0) is 18.1. The predicted molar refractivity (Wildman–Crippen MR) is 109 cm³/mol. The molecule has 0 unspecified atom stereocenters. The van der Waals surface area contributed by atoms with Crippen molar-refractivity contribution in [1.29, 1.82) is 0 Å². The largest absolute Gasteiger partial charge is 0.290 e. The van der Waals surface area contributed by atoms with Crippen LogP contribution in [0.5, 0.6) is 0 Å². The molecule has 26 heavy (non-hydrogen) atoms. The number of rotatable bonds is 4. The fraction of sp³-hybridized carbons (Fsp3) is 0.0476. The van der Waals surface area contributed by atoms with Crippen LogP contribution >= 0.6 is 31.9 Å². The maximum absolute atomic E-state index is 12.9. The van der Waals surface area contributed by atoms with Crippen LogP contribution in [0.3, 0.4) is 0 Å². The highest BCUT2D eigenvalue weighted by molar-refractivity contribution is 9.10. The van der Waals surface area contributed by atoms with E-state index in [1.165, 1.54) is 0 Å². The summed E-state index contributed by atoms with van der Waals surface area (Å²) in [5, 5.41) is 0. The third-order valence-electron chi connectivity index (χ3n) is 4.30. The summed E-state index contributed by atoms with van der Waals surface area (Å²) in [6.45, 7) is 0.285. The Balaban J connectivity index is 1.79. The summed E-state index contributed by atoms with van der Waals surface area (Å²) in [5.74, 6) is 0.0813. The van der Waals surface area contributed by atoms with E-state index in [1.54, 1.807) is 0 Å². The van der Waals surface area contributed by atoms with Gasteiger partial charge in [-0.2, -0.15) is 0 Å². The Hall–Kier alpha value is -2.24. The molecule has 128 valence electrons. The van der Waals surface area contributed by atoms with Crippen molar-refractivity contribution in [3.63, 3.8) is 0 Å². The van der Waals surface area contributed by atoms with E-state index in [-0.39, 0.29) is 12.3 Å². The topological polar surface area (TPSA) is 26.1 Å². The molecule has 0 radical (unpaired) electrons. The van der Waals surface area contributed by atoms with Gasteiger partial charge in [0.2, 0.25) is 5.78 Å². The van der Waals surface area contributed by atoms with Gasteiger partial charge in [-0.1, -0.05) is 50.1 Å². The van der Waals surface area contributed by atoms with Crippen LogP contribution in [-0.4, -0.2) is 10.4 Å². The van der Waals surface area contributed by atoms with Crippen LogP contribution in [0.15, 0.2) is 88.1 Å². The molecule has 0 bridgehead atoms. The third-order valence-corrected chi connectivity index (χ3v) is 5.36. The van der Waals surface area contributed by atoms with Crippen LogP contribution in [0.2, 0.25) is 0 Å². The molecule has 0 amide bonds. The molecule has 0 aliphatic heterocycles. The summed E-state index contributed by atoms with van der Waals surface area (Å²) in [4.78, 5) is 12.9. The fourth-order valence-electron chi connectivity index (χ4n) is 3.00. The van der Waals surface area contributed by atoms with E-state index in [0.717, 1.165) is 25.8 Å². The van der Waals surface area contributed by atoms with E-state index in [4.69, 9.17) is 0 Å². The van der Waals surface area contributed by atoms with E-state index < -0.39 is 0 Å². The number of carbonyl (C=O) groups excluding carboxylic acids is 1. The SMILES string of the molecule is O=C(Cn1c(-c2ccc(Br)cc2)c[n+]2ccccc12)c1ccc(Br)cc1. The van der Waals surface area contributed by atoms with Crippen LogP contribution in [0.1, 0.15) is 10.4 Å². The van der Waals surface area contributed by atoms with Crippen LogP contribution in [0.4, 0.5) is 0 Å².